The van der Waals surface area contributed by atoms with E-state index in [1.165, 1.54) is 17.5 Å². The first-order chi connectivity index (χ1) is 8.95. The minimum Gasteiger partial charge on any atom is -0.396 e. The van der Waals surface area contributed by atoms with Gasteiger partial charge in [0.2, 0.25) is 0 Å². The molecule has 1 unspecified atom stereocenters. The number of benzene rings is 1. The van der Waals surface area contributed by atoms with Gasteiger partial charge in [0.05, 0.1) is 6.61 Å². The lowest BCUT2D eigenvalue weighted by atomic mass is 9.76. The lowest BCUT2D eigenvalue weighted by Crippen LogP contribution is -2.44. The van der Waals surface area contributed by atoms with Gasteiger partial charge in [-0.2, -0.15) is 0 Å². The van der Waals surface area contributed by atoms with Crippen LogP contribution in [0.25, 0.3) is 0 Å². The fraction of sp³-hybridized carbons (Fsp3) is 0.647. The van der Waals surface area contributed by atoms with E-state index in [0.717, 1.165) is 25.9 Å². The third kappa shape index (κ3) is 3.58. The molecule has 2 nitrogen and oxygen atoms in total. The molecule has 1 fully saturated rings. The van der Waals surface area contributed by atoms with Crippen LogP contribution >= 0.6 is 0 Å². The van der Waals surface area contributed by atoms with Crippen molar-refractivity contribution in [3.63, 3.8) is 0 Å². The SMILES string of the molecule is CC(C)(C)c1ccc(CC2(CO)CCCNC2)cc1. The summed E-state index contributed by atoms with van der Waals surface area (Å²) in [6, 6.07) is 8.92. The zero-order valence-corrected chi connectivity index (χ0v) is 12.5. The van der Waals surface area contributed by atoms with Crippen molar-refractivity contribution in [1.29, 1.82) is 0 Å². The topological polar surface area (TPSA) is 32.3 Å². The zero-order valence-electron chi connectivity index (χ0n) is 12.5. The monoisotopic (exact) mass is 261 g/mol. The van der Waals surface area contributed by atoms with Gasteiger partial charge in [-0.25, -0.2) is 0 Å². The molecule has 0 saturated carbocycles. The second-order valence-electron chi connectivity index (χ2n) is 7.06. The first kappa shape index (κ1) is 14.5. The highest BCUT2D eigenvalue weighted by molar-refractivity contribution is 5.28. The summed E-state index contributed by atoms with van der Waals surface area (Å²) in [6.07, 6.45) is 3.26. The van der Waals surface area contributed by atoms with Crippen LogP contribution in [-0.2, 0) is 11.8 Å². The Balaban J connectivity index is 2.10. The summed E-state index contributed by atoms with van der Waals surface area (Å²) in [4.78, 5) is 0. The van der Waals surface area contributed by atoms with Gasteiger partial charge in [-0.15, -0.1) is 0 Å². The molecule has 1 aliphatic rings. The van der Waals surface area contributed by atoms with Crippen molar-refractivity contribution in [2.45, 2.75) is 45.4 Å². The molecular formula is C17H27NO. The molecule has 1 atom stereocenters. The Morgan fingerprint density at radius 1 is 1.21 bits per heavy atom. The van der Waals surface area contributed by atoms with E-state index in [-0.39, 0.29) is 17.4 Å². The summed E-state index contributed by atoms with van der Waals surface area (Å²) >= 11 is 0. The van der Waals surface area contributed by atoms with Gasteiger partial charge in [0.25, 0.3) is 0 Å². The number of aliphatic hydroxyl groups excluding tert-OH is 1. The summed E-state index contributed by atoms with van der Waals surface area (Å²) < 4.78 is 0. The smallest absolute Gasteiger partial charge is 0.0502 e. The standard InChI is InChI=1S/C17H27NO/c1-16(2,3)15-7-5-14(6-8-15)11-17(13-19)9-4-10-18-12-17/h5-8,18-19H,4,9-13H2,1-3H3. The Morgan fingerprint density at radius 2 is 1.89 bits per heavy atom. The van der Waals surface area contributed by atoms with Crippen molar-refractivity contribution >= 4 is 0 Å². The van der Waals surface area contributed by atoms with Gasteiger partial charge in [-0.05, 0) is 42.3 Å². The number of rotatable bonds is 3. The fourth-order valence-electron chi connectivity index (χ4n) is 2.93. The number of piperidine rings is 1. The van der Waals surface area contributed by atoms with Crippen LogP contribution in [0.5, 0.6) is 0 Å². The summed E-state index contributed by atoms with van der Waals surface area (Å²) in [5.74, 6) is 0. The van der Waals surface area contributed by atoms with Crippen molar-refractivity contribution in [3.05, 3.63) is 35.4 Å². The van der Waals surface area contributed by atoms with E-state index in [9.17, 15) is 5.11 Å². The van der Waals surface area contributed by atoms with Gasteiger partial charge in [0.1, 0.15) is 0 Å². The Bertz CT molecular complexity index is 396. The highest BCUT2D eigenvalue weighted by atomic mass is 16.3. The molecule has 1 saturated heterocycles. The maximum atomic E-state index is 9.75. The second kappa shape index (κ2) is 5.64. The van der Waals surface area contributed by atoms with Gasteiger partial charge < -0.3 is 10.4 Å². The molecule has 0 aromatic heterocycles. The van der Waals surface area contributed by atoms with E-state index >= 15 is 0 Å². The van der Waals surface area contributed by atoms with E-state index in [0.29, 0.717) is 0 Å². The number of nitrogens with one attached hydrogen (secondary N) is 1. The van der Waals surface area contributed by atoms with Crippen molar-refractivity contribution < 1.29 is 5.11 Å². The second-order valence-corrected chi connectivity index (χ2v) is 7.06. The normalized spacial score (nSPS) is 24.4. The fourth-order valence-corrected chi connectivity index (χ4v) is 2.93. The molecule has 0 spiro atoms. The molecule has 1 aliphatic heterocycles. The van der Waals surface area contributed by atoms with Crippen LogP contribution in [0.1, 0.15) is 44.7 Å². The van der Waals surface area contributed by atoms with E-state index in [1.54, 1.807) is 0 Å². The largest absolute Gasteiger partial charge is 0.396 e. The highest BCUT2D eigenvalue weighted by Gasteiger charge is 2.31. The van der Waals surface area contributed by atoms with E-state index < -0.39 is 0 Å². The van der Waals surface area contributed by atoms with Crippen molar-refractivity contribution in [2.75, 3.05) is 19.7 Å². The average molecular weight is 261 g/mol. The molecule has 0 bridgehead atoms. The van der Waals surface area contributed by atoms with Crippen LogP contribution in [0, 0.1) is 5.41 Å². The van der Waals surface area contributed by atoms with Crippen LogP contribution in [0.3, 0.4) is 0 Å². The minimum absolute atomic E-state index is 0.0432. The van der Waals surface area contributed by atoms with Gasteiger partial charge in [0.15, 0.2) is 0 Å². The molecule has 2 N–H and O–H groups in total. The quantitative estimate of drug-likeness (QED) is 0.877. The number of aliphatic hydroxyl groups is 1. The molecule has 106 valence electrons. The van der Waals surface area contributed by atoms with Crippen LogP contribution in [0.15, 0.2) is 24.3 Å². The summed E-state index contributed by atoms with van der Waals surface area (Å²) in [7, 11) is 0. The molecule has 1 heterocycles. The summed E-state index contributed by atoms with van der Waals surface area (Å²) in [6.45, 7) is 9.02. The predicted octanol–water partition coefficient (Wildman–Crippen LogP) is 2.89. The Kier molecular flexibility index (Phi) is 4.32. The molecule has 0 radical (unpaired) electrons. The molecule has 19 heavy (non-hydrogen) atoms. The van der Waals surface area contributed by atoms with Gasteiger partial charge in [-0.3, -0.25) is 0 Å². The lowest BCUT2D eigenvalue weighted by molar-refractivity contribution is 0.0948. The molecule has 1 aromatic rings. The highest BCUT2D eigenvalue weighted by Crippen LogP contribution is 2.31. The van der Waals surface area contributed by atoms with Crippen molar-refractivity contribution in [3.8, 4) is 0 Å². The maximum absolute atomic E-state index is 9.75. The molecule has 2 heteroatoms. The van der Waals surface area contributed by atoms with Crippen LogP contribution in [0.4, 0.5) is 0 Å². The summed E-state index contributed by atoms with van der Waals surface area (Å²) in [5.41, 5.74) is 2.96. The molecule has 2 rings (SSSR count). The van der Waals surface area contributed by atoms with Gasteiger partial charge >= 0.3 is 0 Å². The van der Waals surface area contributed by atoms with Gasteiger partial charge in [0, 0.05) is 12.0 Å². The lowest BCUT2D eigenvalue weighted by Gasteiger charge is -2.36. The van der Waals surface area contributed by atoms with Gasteiger partial charge in [-0.1, -0.05) is 45.0 Å². The average Bonchev–Trinajstić information content (AvgIpc) is 2.39. The molecule has 0 amide bonds. The van der Waals surface area contributed by atoms with Crippen LogP contribution < -0.4 is 5.32 Å². The van der Waals surface area contributed by atoms with Crippen LogP contribution in [-0.4, -0.2) is 24.8 Å². The Labute approximate surface area is 117 Å². The molecule has 0 aliphatic carbocycles. The maximum Gasteiger partial charge on any atom is 0.0502 e. The van der Waals surface area contributed by atoms with E-state index in [4.69, 9.17) is 0 Å². The van der Waals surface area contributed by atoms with E-state index in [1.807, 2.05) is 0 Å². The number of hydrogen-bond acceptors (Lipinski definition) is 2. The first-order valence-corrected chi connectivity index (χ1v) is 7.36. The van der Waals surface area contributed by atoms with E-state index in [2.05, 4.69) is 50.4 Å². The number of hydrogen-bond donors (Lipinski definition) is 2. The zero-order chi connectivity index (χ0) is 13.9. The third-order valence-electron chi connectivity index (χ3n) is 4.30. The van der Waals surface area contributed by atoms with Crippen LogP contribution in [0.2, 0.25) is 0 Å². The Morgan fingerprint density at radius 3 is 2.37 bits per heavy atom. The third-order valence-corrected chi connectivity index (χ3v) is 4.30. The van der Waals surface area contributed by atoms with Crippen molar-refractivity contribution in [2.24, 2.45) is 5.41 Å². The molecular weight excluding hydrogens is 234 g/mol. The summed E-state index contributed by atoms with van der Waals surface area (Å²) in [5, 5.41) is 13.2. The molecule has 1 aromatic carbocycles. The minimum atomic E-state index is 0.0432. The predicted molar refractivity (Wildman–Crippen MR) is 80.5 cm³/mol. The Hall–Kier alpha value is -0.860. The van der Waals surface area contributed by atoms with Crippen molar-refractivity contribution in [1.82, 2.24) is 5.32 Å². The first-order valence-electron chi connectivity index (χ1n) is 7.36.